The summed E-state index contributed by atoms with van der Waals surface area (Å²) in [6.07, 6.45) is 8.81. The highest BCUT2D eigenvalue weighted by Gasteiger charge is 2.12. The van der Waals surface area contributed by atoms with Crippen molar-refractivity contribution in [2.75, 3.05) is 56.2 Å². The van der Waals surface area contributed by atoms with E-state index in [1.165, 1.54) is 37.1 Å². The van der Waals surface area contributed by atoms with Gasteiger partial charge in [0.1, 0.15) is 0 Å². The Hall–Kier alpha value is -2.79. The van der Waals surface area contributed by atoms with E-state index in [-0.39, 0.29) is 5.91 Å². The van der Waals surface area contributed by atoms with Gasteiger partial charge in [0.2, 0.25) is 5.91 Å². The highest BCUT2D eigenvalue weighted by molar-refractivity contribution is 5.91. The van der Waals surface area contributed by atoms with Crippen molar-refractivity contribution >= 4 is 23.4 Å². The van der Waals surface area contributed by atoms with Crippen LogP contribution in [0.1, 0.15) is 36.8 Å². The number of morpholine rings is 1. The average molecular weight is 434 g/mol. The fourth-order valence-corrected chi connectivity index (χ4v) is 4.41. The zero-order chi connectivity index (χ0) is 22.2. The lowest BCUT2D eigenvalue weighted by atomic mass is 10.1. The summed E-state index contributed by atoms with van der Waals surface area (Å²) >= 11 is 0. The van der Waals surface area contributed by atoms with Gasteiger partial charge in [0, 0.05) is 57.2 Å². The molecule has 0 spiro atoms. The number of anilines is 2. The number of amides is 1. The van der Waals surface area contributed by atoms with Crippen LogP contribution in [0, 0.1) is 0 Å². The summed E-state index contributed by atoms with van der Waals surface area (Å²) in [4.78, 5) is 19.2. The van der Waals surface area contributed by atoms with Crippen molar-refractivity contribution in [1.82, 2.24) is 4.90 Å². The van der Waals surface area contributed by atoms with Crippen LogP contribution in [0.3, 0.4) is 0 Å². The van der Waals surface area contributed by atoms with Gasteiger partial charge in [0.05, 0.1) is 13.2 Å². The summed E-state index contributed by atoms with van der Waals surface area (Å²) in [5.74, 6) is 0.0128. The van der Waals surface area contributed by atoms with Crippen molar-refractivity contribution in [1.29, 1.82) is 0 Å². The number of rotatable bonds is 6. The molecule has 0 saturated carbocycles. The Labute approximate surface area is 192 Å². The Bertz CT molecular complexity index is 878. The minimum Gasteiger partial charge on any atom is -0.378 e. The van der Waals surface area contributed by atoms with E-state index in [9.17, 15) is 4.79 Å². The normalized spacial score (nSPS) is 17.4. The molecule has 0 bridgehead atoms. The number of hydrogen-bond donors (Lipinski definition) is 0. The van der Waals surface area contributed by atoms with Crippen LogP contribution in [0.2, 0.25) is 0 Å². The van der Waals surface area contributed by atoms with Crippen molar-refractivity contribution in [3.63, 3.8) is 0 Å². The van der Waals surface area contributed by atoms with Crippen LogP contribution >= 0.6 is 0 Å². The highest BCUT2D eigenvalue weighted by Crippen LogP contribution is 2.21. The van der Waals surface area contributed by atoms with Crippen molar-refractivity contribution in [2.24, 2.45) is 0 Å². The maximum atomic E-state index is 12.6. The summed E-state index contributed by atoms with van der Waals surface area (Å²) in [7, 11) is 1.85. The van der Waals surface area contributed by atoms with Crippen LogP contribution in [0.25, 0.3) is 6.08 Å². The molecule has 5 heteroatoms. The van der Waals surface area contributed by atoms with Gasteiger partial charge in [-0.15, -0.1) is 0 Å². The van der Waals surface area contributed by atoms with Gasteiger partial charge >= 0.3 is 0 Å². The number of carbonyl (C=O) groups excluding carboxylic acids is 1. The summed E-state index contributed by atoms with van der Waals surface area (Å²) in [6.45, 7) is 6.32. The molecular formula is C27H35N3O2. The highest BCUT2D eigenvalue weighted by atomic mass is 16.5. The van der Waals surface area contributed by atoms with Crippen LogP contribution in [0.15, 0.2) is 54.6 Å². The van der Waals surface area contributed by atoms with Crippen molar-refractivity contribution in [3.8, 4) is 0 Å². The maximum Gasteiger partial charge on any atom is 0.246 e. The molecule has 2 aromatic carbocycles. The topological polar surface area (TPSA) is 36.0 Å². The largest absolute Gasteiger partial charge is 0.378 e. The van der Waals surface area contributed by atoms with E-state index < -0.39 is 0 Å². The Kier molecular flexibility index (Phi) is 7.83. The van der Waals surface area contributed by atoms with E-state index in [2.05, 4.69) is 58.3 Å². The second kappa shape index (κ2) is 11.2. The van der Waals surface area contributed by atoms with Crippen molar-refractivity contribution in [3.05, 3.63) is 65.7 Å². The lowest BCUT2D eigenvalue weighted by molar-refractivity contribution is -0.125. The van der Waals surface area contributed by atoms with Gasteiger partial charge in [-0.2, -0.15) is 0 Å². The predicted molar refractivity (Wildman–Crippen MR) is 132 cm³/mol. The molecule has 0 radical (unpaired) electrons. The van der Waals surface area contributed by atoms with E-state index in [0.29, 0.717) is 6.54 Å². The monoisotopic (exact) mass is 433 g/mol. The lowest BCUT2D eigenvalue weighted by Crippen LogP contribution is -2.36. The Balaban J connectivity index is 1.29. The lowest BCUT2D eigenvalue weighted by Gasteiger charge is -2.29. The molecule has 4 rings (SSSR count). The Morgan fingerprint density at radius 1 is 0.844 bits per heavy atom. The van der Waals surface area contributed by atoms with Crippen LogP contribution < -0.4 is 9.80 Å². The van der Waals surface area contributed by atoms with E-state index in [1.54, 1.807) is 11.0 Å². The van der Waals surface area contributed by atoms with Crippen LogP contribution in [-0.2, 0) is 16.1 Å². The minimum atomic E-state index is 0.0128. The maximum absolute atomic E-state index is 12.6. The molecule has 0 atom stereocenters. The van der Waals surface area contributed by atoms with Gasteiger partial charge in [-0.3, -0.25) is 4.79 Å². The Morgan fingerprint density at radius 3 is 2.03 bits per heavy atom. The van der Waals surface area contributed by atoms with Crippen LogP contribution in [-0.4, -0.2) is 57.2 Å². The molecule has 0 aromatic heterocycles. The third-order valence-corrected chi connectivity index (χ3v) is 6.39. The number of ether oxygens (including phenoxy) is 1. The molecule has 170 valence electrons. The predicted octanol–water partition coefficient (Wildman–Crippen LogP) is 4.58. The zero-order valence-electron chi connectivity index (χ0n) is 19.2. The number of carbonyl (C=O) groups is 1. The minimum absolute atomic E-state index is 0.0128. The molecule has 2 aliphatic rings. The second-order valence-corrected chi connectivity index (χ2v) is 8.79. The van der Waals surface area contributed by atoms with Crippen LogP contribution in [0.5, 0.6) is 0 Å². The molecule has 0 unspecified atom stereocenters. The molecule has 0 aliphatic carbocycles. The van der Waals surface area contributed by atoms with Gasteiger partial charge in [-0.25, -0.2) is 0 Å². The summed E-state index contributed by atoms with van der Waals surface area (Å²) in [5, 5.41) is 0. The number of nitrogens with zero attached hydrogens (tertiary/aromatic N) is 3. The van der Waals surface area contributed by atoms with E-state index in [0.717, 1.165) is 50.5 Å². The fraction of sp³-hybridized carbons (Fsp3) is 0.444. The van der Waals surface area contributed by atoms with E-state index in [1.807, 2.05) is 13.1 Å². The quantitative estimate of drug-likeness (QED) is 0.625. The number of benzene rings is 2. The van der Waals surface area contributed by atoms with Gasteiger partial charge in [-0.1, -0.05) is 37.1 Å². The molecule has 32 heavy (non-hydrogen) atoms. The first-order chi connectivity index (χ1) is 15.7. The molecular weight excluding hydrogens is 398 g/mol. The van der Waals surface area contributed by atoms with Gasteiger partial charge in [-0.05, 0) is 54.3 Å². The second-order valence-electron chi connectivity index (χ2n) is 8.79. The first-order valence-corrected chi connectivity index (χ1v) is 11.9. The summed E-state index contributed by atoms with van der Waals surface area (Å²) < 4.78 is 5.42. The molecule has 2 fully saturated rings. The molecule has 5 nitrogen and oxygen atoms in total. The molecule has 2 saturated heterocycles. The molecule has 2 heterocycles. The SMILES string of the molecule is CN(Cc1ccc(N2CCOCC2)cc1)C(=O)/C=C/c1ccc(N2CCCCCC2)cc1. The van der Waals surface area contributed by atoms with Gasteiger partial charge in [0.25, 0.3) is 0 Å². The standard InChI is InChI=1S/C27H35N3O2/c1-28(22-24-8-13-26(14-9-24)30-18-20-32-21-19-30)27(31)15-10-23-6-11-25(12-7-23)29-16-4-2-3-5-17-29/h6-15H,2-5,16-22H2,1H3/b15-10+. The first kappa shape index (κ1) is 22.4. The number of hydrogen-bond acceptors (Lipinski definition) is 4. The first-order valence-electron chi connectivity index (χ1n) is 11.9. The summed E-state index contributed by atoms with van der Waals surface area (Å²) in [5.41, 5.74) is 4.69. The fourth-order valence-electron chi connectivity index (χ4n) is 4.41. The van der Waals surface area contributed by atoms with Crippen molar-refractivity contribution in [2.45, 2.75) is 32.2 Å². The molecule has 0 N–H and O–H groups in total. The van der Waals surface area contributed by atoms with Crippen LogP contribution in [0.4, 0.5) is 11.4 Å². The van der Waals surface area contributed by atoms with Crippen molar-refractivity contribution < 1.29 is 9.53 Å². The number of likely N-dealkylation sites (N-methyl/N-ethyl adjacent to an activating group) is 1. The van der Waals surface area contributed by atoms with E-state index in [4.69, 9.17) is 4.74 Å². The van der Waals surface area contributed by atoms with Gasteiger partial charge < -0.3 is 19.4 Å². The Morgan fingerprint density at radius 2 is 1.41 bits per heavy atom. The summed E-state index contributed by atoms with van der Waals surface area (Å²) in [6, 6.07) is 17.1. The smallest absolute Gasteiger partial charge is 0.246 e. The molecule has 2 aromatic rings. The molecule has 2 aliphatic heterocycles. The zero-order valence-corrected chi connectivity index (χ0v) is 19.2. The average Bonchev–Trinajstić information content (AvgIpc) is 3.13. The third-order valence-electron chi connectivity index (χ3n) is 6.39. The van der Waals surface area contributed by atoms with E-state index >= 15 is 0 Å². The third kappa shape index (κ3) is 6.13. The van der Waals surface area contributed by atoms with Gasteiger partial charge in [0.15, 0.2) is 0 Å². The molecule has 1 amide bonds.